The number of rotatable bonds is 14. The monoisotopic (exact) mass is 641 g/mol. The molecule has 0 spiro atoms. The summed E-state index contributed by atoms with van der Waals surface area (Å²) >= 11 is 0. The standard InChI is InChI=1S/C37H43N3O5S/c1-6-29(4)38-37(42)35(24-30-13-8-7-9-14-30)39(25-31-15-11-17-33(23-31)45-5)36(41)26-40(32-16-10-12-28(3)22-32)46(43,44)34-20-18-27(2)19-21-34/h7-23,29,35H,6,24-26H2,1-5H3,(H,38,42)/t29-,35+/m0/s1. The van der Waals surface area contributed by atoms with Crippen LogP contribution in [0.2, 0.25) is 0 Å². The lowest BCUT2D eigenvalue weighted by atomic mass is 10.0. The Hall–Kier alpha value is -4.63. The largest absolute Gasteiger partial charge is 0.497 e. The summed E-state index contributed by atoms with van der Waals surface area (Å²) in [6, 6.07) is 29.4. The molecule has 4 rings (SSSR count). The highest BCUT2D eigenvalue weighted by Gasteiger charge is 2.35. The first kappa shape index (κ1) is 34.2. The van der Waals surface area contributed by atoms with Crippen molar-refractivity contribution in [2.75, 3.05) is 18.0 Å². The van der Waals surface area contributed by atoms with Crippen LogP contribution >= 0.6 is 0 Å². The van der Waals surface area contributed by atoms with E-state index in [0.29, 0.717) is 17.9 Å². The Morgan fingerprint density at radius 2 is 1.50 bits per heavy atom. The summed E-state index contributed by atoms with van der Waals surface area (Å²) in [6.45, 7) is 7.20. The minimum atomic E-state index is -4.16. The van der Waals surface area contributed by atoms with E-state index in [1.165, 1.54) is 4.90 Å². The number of sulfonamides is 1. The van der Waals surface area contributed by atoms with Gasteiger partial charge in [0, 0.05) is 19.0 Å². The number of anilines is 1. The molecule has 0 heterocycles. The Balaban J connectivity index is 1.82. The van der Waals surface area contributed by atoms with E-state index >= 15 is 0 Å². The van der Waals surface area contributed by atoms with Crippen LogP contribution < -0.4 is 14.4 Å². The van der Waals surface area contributed by atoms with Crippen LogP contribution in [0, 0.1) is 13.8 Å². The lowest BCUT2D eigenvalue weighted by molar-refractivity contribution is -0.140. The summed E-state index contributed by atoms with van der Waals surface area (Å²) in [5.74, 6) is -0.213. The number of methoxy groups -OCH3 is 1. The average molecular weight is 642 g/mol. The molecule has 8 nitrogen and oxygen atoms in total. The van der Waals surface area contributed by atoms with Crippen molar-refractivity contribution in [3.63, 3.8) is 0 Å². The van der Waals surface area contributed by atoms with Crippen molar-refractivity contribution in [1.29, 1.82) is 0 Å². The van der Waals surface area contributed by atoms with Crippen LogP contribution in [0.3, 0.4) is 0 Å². The average Bonchev–Trinajstić information content (AvgIpc) is 3.05. The summed E-state index contributed by atoms with van der Waals surface area (Å²) in [5.41, 5.74) is 3.73. The van der Waals surface area contributed by atoms with Gasteiger partial charge in [-0.25, -0.2) is 8.42 Å². The van der Waals surface area contributed by atoms with Crippen molar-refractivity contribution in [1.82, 2.24) is 10.2 Å². The van der Waals surface area contributed by atoms with Gasteiger partial charge in [0.05, 0.1) is 17.7 Å². The van der Waals surface area contributed by atoms with Crippen LogP contribution in [-0.4, -0.2) is 50.9 Å². The second-order valence-corrected chi connectivity index (χ2v) is 13.4. The predicted octanol–water partition coefficient (Wildman–Crippen LogP) is 6.06. The number of hydrogen-bond donors (Lipinski definition) is 1. The number of aryl methyl sites for hydroxylation is 2. The molecule has 0 saturated heterocycles. The van der Waals surface area contributed by atoms with E-state index in [0.717, 1.165) is 26.6 Å². The van der Waals surface area contributed by atoms with E-state index in [2.05, 4.69) is 5.32 Å². The van der Waals surface area contributed by atoms with E-state index in [4.69, 9.17) is 4.74 Å². The first-order valence-corrected chi connectivity index (χ1v) is 16.9. The number of amides is 2. The maximum Gasteiger partial charge on any atom is 0.264 e. The minimum absolute atomic E-state index is 0.0632. The normalized spacial score (nSPS) is 12.5. The zero-order valence-corrected chi connectivity index (χ0v) is 28.0. The Bertz CT molecular complexity index is 1730. The zero-order chi connectivity index (χ0) is 33.3. The number of carbonyl (C=O) groups is 2. The first-order chi connectivity index (χ1) is 22.0. The predicted molar refractivity (Wildman–Crippen MR) is 182 cm³/mol. The van der Waals surface area contributed by atoms with E-state index in [-0.39, 0.29) is 29.8 Å². The Kier molecular flexibility index (Phi) is 11.6. The van der Waals surface area contributed by atoms with Gasteiger partial charge in [0.15, 0.2) is 0 Å². The van der Waals surface area contributed by atoms with E-state index in [1.54, 1.807) is 55.6 Å². The van der Waals surface area contributed by atoms with Crippen LogP contribution in [0.15, 0.2) is 108 Å². The molecule has 0 fully saturated rings. The van der Waals surface area contributed by atoms with Crippen LogP contribution in [-0.2, 0) is 32.6 Å². The van der Waals surface area contributed by atoms with Gasteiger partial charge in [0.1, 0.15) is 18.3 Å². The third-order valence-corrected chi connectivity index (χ3v) is 9.72. The molecule has 0 aliphatic rings. The number of ether oxygens (including phenoxy) is 1. The molecule has 2 amide bonds. The summed E-state index contributed by atoms with van der Waals surface area (Å²) in [6.07, 6.45) is 0.956. The highest BCUT2D eigenvalue weighted by Crippen LogP contribution is 2.26. The maximum atomic E-state index is 14.6. The van der Waals surface area contributed by atoms with Gasteiger partial charge in [-0.2, -0.15) is 0 Å². The summed E-state index contributed by atoms with van der Waals surface area (Å²) < 4.78 is 35.0. The Morgan fingerprint density at radius 3 is 2.15 bits per heavy atom. The van der Waals surface area contributed by atoms with Gasteiger partial charge in [0.2, 0.25) is 11.8 Å². The number of nitrogens with zero attached hydrogens (tertiary/aromatic N) is 2. The SMILES string of the molecule is CC[C@H](C)NC(=O)[C@@H](Cc1ccccc1)N(Cc1cccc(OC)c1)C(=O)CN(c1cccc(C)c1)S(=O)(=O)c1ccc(C)cc1. The summed E-state index contributed by atoms with van der Waals surface area (Å²) in [5, 5.41) is 3.06. The van der Waals surface area contributed by atoms with Crippen molar-refractivity contribution in [2.24, 2.45) is 0 Å². The lowest BCUT2D eigenvalue weighted by Crippen LogP contribution is -2.54. The van der Waals surface area contributed by atoms with E-state index in [9.17, 15) is 18.0 Å². The molecule has 0 aromatic heterocycles. The van der Waals surface area contributed by atoms with Gasteiger partial charge in [-0.1, -0.05) is 79.2 Å². The van der Waals surface area contributed by atoms with Gasteiger partial charge in [-0.3, -0.25) is 13.9 Å². The van der Waals surface area contributed by atoms with Gasteiger partial charge in [0.25, 0.3) is 10.0 Å². The van der Waals surface area contributed by atoms with Crippen molar-refractivity contribution in [3.8, 4) is 5.75 Å². The quantitative estimate of drug-likeness (QED) is 0.181. The number of hydrogen-bond acceptors (Lipinski definition) is 5. The maximum absolute atomic E-state index is 14.6. The lowest BCUT2D eigenvalue weighted by Gasteiger charge is -2.34. The molecular formula is C37H43N3O5S. The first-order valence-electron chi connectivity index (χ1n) is 15.4. The fourth-order valence-corrected chi connectivity index (χ4v) is 6.52. The molecule has 0 aliphatic heterocycles. The van der Waals surface area contributed by atoms with Crippen molar-refractivity contribution in [3.05, 3.63) is 125 Å². The molecule has 242 valence electrons. The smallest absolute Gasteiger partial charge is 0.264 e. The van der Waals surface area contributed by atoms with Crippen LogP contribution in [0.1, 0.15) is 42.5 Å². The fraction of sp³-hybridized carbons (Fsp3) is 0.297. The van der Waals surface area contributed by atoms with Gasteiger partial charge < -0.3 is 15.0 Å². The third kappa shape index (κ3) is 8.75. The molecule has 0 saturated carbocycles. The van der Waals surface area contributed by atoms with Crippen molar-refractivity contribution in [2.45, 2.75) is 64.1 Å². The number of carbonyl (C=O) groups excluding carboxylic acids is 2. The van der Waals surface area contributed by atoms with Crippen LogP contribution in [0.4, 0.5) is 5.69 Å². The fourth-order valence-electron chi connectivity index (χ4n) is 5.11. The molecule has 1 N–H and O–H groups in total. The molecule has 0 radical (unpaired) electrons. The zero-order valence-electron chi connectivity index (χ0n) is 27.1. The van der Waals surface area contributed by atoms with Gasteiger partial charge in [-0.15, -0.1) is 0 Å². The van der Waals surface area contributed by atoms with Crippen molar-refractivity contribution >= 4 is 27.5 Å². The Labute approximate surface area is 273 Å². The van der Waals surface area contributed by atoms with E-state index < -0.39 is 28.5 Å². The van der Waals surface area contributed by atoms with Crippen molar-refractivity contribution < 1.29 is 22.7 Å². The third-order valence-electron chi connectivity index (χ3n) is 7.94. The highest BCUT2D eigenvalue weighted by atomic mass is 32.2. The second kappa shape index (κ2) is 15.6. The van der Waals surface area contributed by atoms with Gasteiger partial charge in [-0.05, 0) is 80.3 Å². The Morgan fingerprint density at radius 1 is 0.826 bits per heavy atom. The summed E-state index contributed by atoms with van der Waals surface area (Å²) in [7, 11) is -2.60. The number of benzene rings is 4. The summed E-state index contributed by atoms with van der Waals surface area (Å²) in [4.78, 5) is 30.1. The van der Waals surface area contributed by atoms with E-state index in [1.807, 2.05) is 82.3 Å². The van der Waals surface area contributed by atoms with Gasteiger partial charge >= 0.3 is 0 Å². The molecule has 2 atom stereocenters. The molecule has 0 unspecified atom stereocenters. The number of nitrogens with one attached hydrogen (secondary N) is 1. The second-order valence-electron chi connectivity index (χ2n) is 11.6. The topological polar surface area (TPSA) is 96.0 Å². The molecule has 4 aromatic rings. The molecular weight excluding hydrogens is 598 g/mol. The van der Waals surface area contributed by atoms with Crippen LogP contribution in [0.5, 0.6) is 5.75 Å². The molecule has 0 aliphatic carbocycles. The molecule has 4 aromatic carbocycles. The highest BCUT2D eigenvalue weighted by molar-refractivity contribution is 7.92. The van der Waals surface area contributed by atoms with Crippen LogP contribution in [0.25, 0.3) is 0 Å². The molecule has 9 heteroatoms. The minimum Gasteiger partial charge on any atom is -0.497 e. The molecule has 46 heavy (non-hydrogen) atoms. The molecule has 0 bridgehead atoms.